The molecule has 0 bridgehead atoms. The minimum Gasteiger partial charge on any atom is -0.481 e. The van der Waals surface area contributed by atoms with Gasteiger partial charge in [0.1, 0.15) is 0 Å². The smallest absolute Gasteiger partial charge is 0.304 e. The van der Waals surface area contributed by atoms with E-state index in [1.165, 1.54) is 19.3 Å². The summed E-state index contributed by atoms with van der Waals surface area (Å²) in [5, 5.41) is 23.6. The van der Waals surface area contributed by atoms with Gasteiger partial charge in [-0.05, 0) is 5.41 Å². The van der Waals surface area contributed by atoms with Crippen molar-refractivity contribution in [1.82, 2.24) is 0 Å². The Kier molecular flexibility index (Phi) is 31.1. The van der Waals surface area contributed by atoms with E-state index >= 15 is 0 Å². The predicted octanol–water partition coefficient (Wildman–Crippen LogP) is 4.40. The second-order valence-corrected chi connectivity index (χ2v) is 6.81. The highest BCUT2D eigenvalue weighted by Crippen LogP contribution is 2.28. The number of thiol groups is 3. The van der Waals surface area contributed by atoms with Crippen LogP contribution in [0.3, 0.4) is 0 Å². The molecule has 0 aliphatic heterocycles. The second-order valence-electron chi connectivity index (χ2n) is 5.47. The number of hydrogen-bond donors (Lipinski definition) is 6. The highest BCUT2D eigenvalue weighted by atomic mass is 32.1. The molecule has 0 radical (unpaired) electrons. The Morgan fingerprint density at radius 2 is 0.846 bits per heavy atom. The van der Waals surface area contributed by atoms with Crippen LogP contribution < -0.4 is 0 Å². The van der Waals surface area contributed by atoms with Gasteiger partial charge < -0.3 is 15.3 Å². The van der Waals surface area contributed by atoms with Crippen LogP contribution in [0, 0.1) is 5.41 Å². The van der Waals surface area contributed by atoms with E-state index in [0.717, 1.165) is 0 Å². The van der Waals surface area contributed by atoms with Crippen LogP contribution in [-0.4, -0.2) is 50.5 Å². The largest absolute Gasteiger partial charge is 0.481 e. The molecular weight excluding hydrogens is 396 g/mol. The van der Waals surface area contributed by atoms with Gasteiger partial charge in [0, 0.05) is 17.3 Å². The van der Waals surface area contributed by atoms with E-state index in [1.807, 2.05) is 0 Å². The Labute approximate surface area is 174 Å². The van der Waals surface area contributed by atoms with Gasteiger partial charge in [-0.3, -0.25) is 14.4 Å². The fourth-order valence-electron chi connectivity index (χ4n) is 1.04. The summed E-state index contributed by atoms with van der Waals surface area (Å²) in [7, 11) is 0. The lowest BCUT2D eigenvalue weighted by Gasteiger charge is -2.23. The van der Waals surface area contributed by atoms with Crippen molar-refractivity contribution in [2.45, 2.75) is 66.2 Å². The fourth-order valence-corrected chi connectivity index (χ4v) is 1.61. The van der Waals surface area contributed by atoms with E-state index in [2.05, 4.69) is 65.6 Å². The number of carboxylic acid groups (broad SMARTS) is 3. The molecule has 0 heterocycles. The number of carbonyl (C=O) groups is 3. The van der Waals surface area contributed by atoms with E-state index in [0.29, 0.717) is 22.7 Å². The average molecular weight is 433 g/mol. The Morgan fingerprint density at radius 3 is 0.846 bits per heavy atom. The number of aliphatic carboxylic acids is 3. The van der Waals surface area contributed by atoms with Crippen LogP contribution in [-0.2, 0) is 14.4 Å². The molecule has 9 heteroatoms. The van der Waals surface area contributed by atoms with Crippen LogP contribution in [0.2, 0.25) is 0 Å². The molecule has 0 unspecified atom stereocenters. The van der Waals surface area contributed by atoms with Gasteiger partial charge in [0.05, 0.1) is 19.3 Å². The zero-order valence-electron chi connectivity index (χ0n) is 16.3. The van der Waals surface area contributed by atoms with Crippen molar-refractivity contribution in [1.29, 1.82) is 0 Å². The topological polar surface area (TPSA) is 112 Å². The Hall–Kier alpha value is -0.540. The van der Waals surface area contributed by atoms with Crippen molar-refractivity contribution >= 4 is 55.8 Å². The zero-order chi connectivity index (χ0) is 21.6. The van der Waals surface area contributed by atoms with E-state index in [9.17, 15) is 14.4 Å². The van der Waals surface area contributed by atoms with E-state index in [4.69, 9.17) is 15.3 Å². The molecule has 0 fully saturated rings. The van der Waals surface area contributed by atoms with Gasteiger partial charge in [0.25, 0.3) is 0 Å². The molecule has 0 amide bonds. The molecule has 6 nitrogen and oxygen atoms in total. The molecule has 0 aromatic carbocycles. The molecule has 0 rings (SSSR count). The third-order valence-electron chi connectivity index (χ3n) is 3.54. The third-order valence-corrected chi connectivity index (χ3v) is 4.21. The van der Waals surface area contributed by atoms with Gasteiger partial charge in [-0.15, -0.1) is 0 Å². The van der Waals surface area contributed by atoms with E-state index in [-0.39, 0.29) is 19.3 Å². The van der Waals surface area contributed by atoms with Crippen molar-refractivity contribution in [2.24, 2.45) is 5.41 Å². The van der Waals surface area contributed by atoms with E-state index < -0.39 is 17.9 Å². The minimum atomic E-state index is -0.787. The maximum atomic E-state index is 9.55. The first-order valence-corrected chi connectivity index (χ1v) is 10.4. The van der Waals surface area contributed by atoms with Gasteiger partial charge >= 0.3 is 17.9 Å². The molecular formula is C17H36O6S3. The molecule has 26 heavy (non-hydrogen) atoms. The summed E-state index contributed by atoms with van der Waals surface area (Å²) in [6, 6.07) is 0. The maximum Gasteiger partial charge on any atom is 0.304 e. The zero-order valence-corrected chi connectivity index (χ0v) is 19.0. The lowest BCUT2D eigenvalue weighted by Crippen LogP contribution is -2.10. The molecule has 3 N–H and O–H groups in total. The van der Waals surface area contributed by atoms with Crippen molar-refractivity contribution in [3.05, 3.63) is 0 Å². The first-order chi connectivity index (χ1) is 12.0. The van der Waals surface area contributed by atoms with Gasteiger partial charge in [0.15, 0.2) is 0 Å². The summed E-state index contributed by atoms with van der Waals surface area (Å²) in [4.78, 5) is 28.7. The van der Waals surface area contributed by atoms with Crippen molar-refractivity contribution in [3.8, 4) is 0 Å². The van der Waals surface area contributed by atoms with E-state index in [1.54, 1.807) is 0 Å². The predicted molar refractivity (Wildman–Crippen MR) is 117 cm³/mol. The first-order valence-electron chi connectivity index (χ1n) is 8.47. The summed E-state index contributed by atoms with van der Waals surface area (Å²) < 4.78 is 0. The Balaban J connectivity index is -0.000000125. The van der Waals surface area contributed by atoms with Gasteiger partial charge in [-0.1, -0.05) is 47.0 Å². The van der Waals surface area contributed by atoms with Crippen molar-refractivity contribution in [3.63, 3.8) is 0 Å². The summed E-state index contributed by atoms with van der Waals surface area (Å²) in [6.45, 7) is 9.17. The highest BCUT2D eigenvalue weighted by molar-refractivity contribution is 7.80. The number of carboxylic acids is 3. The van der Waals surface area contributed by atoms with Crippen LogP contribution in [0.5, 0.6) is 0 Å². The molecule has 158 valence electrons. The standard InChI is InChI=1S/C8H18.3C3H6O2S/c1-5-8(4,6-2)7-3;3*4-3(5)1-2-6/h5-7H2,1-4H3;3*6H,1-2H2,(H,4,5). The number of hydrogen-bond acceptors (Lipinski definition) is 6. The normalized spacial score (nSPS) is 9.35. The molecule has 0 saturated carbocycles. The van der Waals surface area contributed by atoms with Crippen LogP contribution in [0.4, 0.5) is 0 Å². The molecule has 0 aliphatic carbocycles. The lowest BCUT2D eigenvalue weighted by molar-refractivity contribution is -0.137. The number of rotatable bonds is 9. The van der Waals surface area contributed by atoms with Crippen LogP contribution in [0.1, 0.15) is 66.2 Å². The average Bonchev–Trinajstić information content (AvgIpc) is 2.55. The molecule has 0 aromatic rings. The highest BCUT2D eigenvalue weighted by Gasteiger charge is 2.15. The minimum absolute atomic E-state index is 0.156. The third kappa shape index (κ3) is 38.8. The summed E-state index contributed by atoms with van der Waals surface area (Å²) in [5.41, 5.74) is 0.625. The Bertz CT molecular complexity index is 301. The first kappa shape index (κ1) is 33.1. The monoisotopic (exact) mass is 432 g/mol. The molecule has 0 spiro atoms. The molecule has 0 saturated heterocycles. The fraction of sp³-hybridized carbons (Fsp3) is 0.824. The quantitative estimate of drug-likeness (QED) is 0.301. The summed E-state index contributed by atoms with van der Waals surface area (Å²) in [5.74, 6) is -1.08. The summed E-state index contributed by atoms with van der Waals surface area (Å²) in [6.07, 6.45) is 4.43. The molecule has 0 atom stereocenters. The lowest BCUT2D eigenvalue weighted by atomic mass is 9.82. The van der Waals surface area contributed by atoms with Crippen LogP contribution in [0.25, 0.3) is 0 Å². The Morgan fingerprint density at radius 1 is 0.654 bits per heavy atom. The maximum absolute atomic E-state index is 9.55. The van der Waals surface area contributed by atoms with Gasteiger partial charge in [-0.25, -0.2) is 0 Å². The SMILES string of the molecule is CCC(C)(CC)CC.O=C(O)CCS.O=C(O)CCS.O=C(O)CCS. The van der Waals surface area contributed by atoms with Gasteiger partial charge in [-0.2, -0.15) is 37.9 Å². The van der Waals surface area contributed by atoms with Gasteiger partial charge in [0.2, 0.25) is 0 Å². The second kappa shape index (κ2) is 24.5. The van der Waals surface area contributed by atoms with Crippen molar-refractivity contribution < 1.29 is 29.7 Å². The van der Waals surface area contributed by atoms with Crippen LogP contribution >= 0.6 is 37.9 Å². The van der Waals surface area contributed by atoms with Crippen molar-refractivity contribution in [2.75, 3.05) is 17.3 Å². The summed E-state index contributed by atoms with van der Waals surface area (Å²) >= 11 is 11.0. The molecule has 0 aromatic heterocycles. The van der Waals surface area contributed by atoms with Crippen LogP contribution in [0.15, 0.2) is 0 Å². The molecule has 0 aliphatic rings.